The Hall–Kier alpha value is -1.06. The highest BCUT2D eigenvalue weighted by molar-refractivity contribution is 5.69. The van der Waals surface area contributed by atoms with Crippen LogP contribution in [0.5, 0.6) is 0 Å². The van der Waals surface area contributed by atoms with Crippen LogP contribution in [-0.4, -0.2) is 24.5 Å². The maximum atomic E-state index is 10.4. The van der Waals surface area contributed by atoms with Gasteiger partial charge in [0, 0.05) is 12.6 Å². The van der Waals surface area contributed by atoms with Gasteiger partial charge in [0.25, 0.3) is 0 Å². The molecule has 0 aromatic heterocycles. The number of nitrogens with zero attached hydrogens (tertiary/aromatic N) is 1. The van der Waals surface area contributed by atoms with Crippen molar-refractivity contribution >= 4 is 12.2 Å². The van der Waals surface area contributed by atoms with E-state index < -0.39 is 0 Å². The first-order valence-corrected chi connectivity index (χ1v) is 3.04. The van der Waals surface area contributed by atoms with Gasteiger partial charge in [0.2, 0.25) is 0 Å². The Kier molecular flexibility index (Phi) is 5.42. The van der Waals surface area contributed by atoms with Gasteiger partial charge in [-0.1, -0.05) is 0 Å². The third-order valence-electron chi connectivity index (χ3n) is 1.02. The molecule has 0 radical (unpaired) electrons. The number of carbonyl (C=O) groups is 1. The van der Waals surface area contributed by atoms with Crippen molar-refractivity contribution in [2.45, 2.75) is 19.3 Å². The van der Waals surface area contributed by atoms with Crippen molar-refractivity contribution in [2.75, 3.05) is 7.11 Å². The average molecular weight is 145 g/mol. The molecule has 0 saturated carbocycles. The van der Waals surface area contributed by atoms with Crippen molar-refractivity contribution in [1.29, 1.82) is 0 Å². The van der Waals surface area contributed by atoms with Crippen molar-refractivity contribution in [3.05, 3.63) is 0 Å². The molecule has 0 bridgehead atoms. The summed E-state index contributed by atoms with van der Waals surface area (Å²) in [7, 11) is 1.35. The second-order valence-electron chi connectivity index (χ2n) is 1.77. The van der Waals surface area contributed by atoms with Crippen LogP contribution in [-0.2, 0) is 9.53 Å². The molecule has 0 unspecified atom stereocenters. The highest BCUT2D eigenvalue weighted by Crippen LogP contribution is 1.93. The van der Waals surface area contributed by atoms with Crippen LogP contribution < -0.4 is 0 Å². The Balaban J connectivity index is 3.11. The normalized spacial score (nSPS) is 10.1. The highest BCUT2D eigenvalue weighted by atomic mass is 16.5. The van der Waals surface area contributed by atoms with E-state index in [1.165, 1.54) is 13.3 Å². The summed E-state index contributed by atoms with van der Waals surface area (Å²) in [4.78, 5) is 10.4. The van der Waals surface area contributed by atoms with Crippen LogP contribution in [0.1, 0.15) is 19.3 Å². The lowest BCUT2D eigenvalue weighted by atomic mass is 10.2. The smallest absolute Gasteiger partial charge is 0.305 e. The van der Waals surface area contributed by atoms with Crippen molar-refractivity contribution in [3.63, 3.8) is 0 Å². The number of hydrogen-bond acceptors (Lipinski definition) is 4. The average Bonchev–Trinajstić information content (AvgIpc) is 1.98. The predicted molar refractivity (Wildman–Crippen MR) is 36.1 cm³/mol. The van der Waals surface area contributed by atoms with Crippen LogP contribution in [0.15, 0.2) is 5.16 Å². The first-order chi connectivity index (χ1) is 4.81. The quantitative estimate of drug-likeness (QED) is 0.209. The van der Waals surface area contributed by atoms with Crippen molar-refractivity contribution in [1.82, 2.24) is 0 Å². The lowest BCUT2D eigenvalue weighted by Gasteiger charge is -1.94. The summed E-state index contributed by atoms with van der Waals surface area (Å²) < 4.78 is 4.38. The van der Waals surface area contributed by atoms with E-state index in [4.69, 9.17) is 5.21 Å². The Bertz CT molecular complexity index is 122. The number of oxime groups is 1. The molecule has 0 heterocycles. The molecule has 0 atom stereocenters. The zero-order valence-corrected chi connectivity index (χ0v) is 5.91. The van der Waals surface area contributed by atoms with E-state index >= 15 is 0 Å². The molecule has 4 heteroatoms. The fraction of sp³-hybridized carbons (Fsp3) is 0.667. The maximum absolute atomic E-state index is 10.4. The predicted octanol–water partition coefficient (Wildman–Crippen LogP) is 0.790. The highest BCUT2D eigenvalue weighted by Gasteiger charge is 1.96. The molecule has 0 rings (SSSR count). The Labute approximate surface area is 59.5 Å². The number of hydrogen-bond donors (Lipinski definition) is 1. The standard InChI is InChI=1S/C6H11NO3/c1-10-6(8)4-2-3-5-7-9/h5,9H,2-4H2,1H3/b7-5+. The third-order valence-corrected chi connectivity index (χ3v) is 1.02. The Morgan fingerprint density at radius 3 is 3.00 bits per heavy atom. The molecule has 0 aliphatic rings. The minimum atomic E-state index is -0.230. The lowest BCUT2D eigenvalue weighted by Crippen LogP contribution is -1.99. The number of esters is 1. The summed E-state index contributed by atoms with van der Waals surface area (Å²) >= 11 is 0. The van der Waals surface area contributed by atoms with Gasteiger partial charge in [-0.05, 0) is 12.8 Å². The van der Waals surface area contributed by atoms with Gasteiger partial charge < -0.3 is 9.94 Å². The molecule has 58 valence electrons. The van der Waals surface area contributed by atoms with Crippen molar-refractivity contribution in [3.8, 4) is 0 Å². The van der Waals surface area contributed by atoms with E-state index in [0.717, 1.165) is 0 Å². The molecular weight excluding hydrogens is 134 g/mol. The van der Waals surface area contributed by atoms with E-state index in [9.17, 15) is 4.79 Å². The lowest BCUT2D eigenvalue weighted by molar-refractivity contribution is -0.140. The molecule has 0 saturated heterocycles. The van der Waals surface area contributed by atoms with Gasteiger partial charge in [0.05, 0.1) is 7.11 Å². The SMILES string of the molecule is COC(=O)CCC/C=N/O. The molecule has 0 fully saturated rings. The Morgan fingerprint density at radius 1 is 1.80 bits per heavy atom. The fourth-order valence-electron chi connectivity index (χ4n) is 0.497. The molecule has 1 N–H and O–H groups in total. The van der Waals surface area contributed by atoms with E-state index in [1.807, 2.05) is 0 Å². The molecule has 0 aliphatic carbocycles. The van der Waals surface area contributed by atoms with Crippen LogP contribution in [0.3, 0.4) is 0 Å². The number of ether oxygens (including phenoxy) is 1. The zero-order valence-electron chi connectivity index (χ0n) is 5.91. The second-order valence-corrected chi connectivity index (χ2v) is 1.77. The third kappa shape index (κ3) is 5.08. The molecule has 0 aromatic rings. The summed E-state index contributed by atoms with van der Waals surface area (Å²) in [5.41, 5.74) is 0. The second kappa shape index (κ2) is 6.07. The molecule has 4 nitrogen and oxygen atoms in total. The van der Waals surface area contributed by atoms with Crippen molar-refractivity contribution in [2.24, 2.45) is 5.16 Å². The van der Waals surface area contributed by atoms with Crippen molar-refractivity contribution < 1.29 is 14.7 Å². The summed E-state index contributed by atoms with van der Waals surface area (Å²) in [6, 6.07) is 0. The van der Waals surface area contributed by atoms with E-state index in [1.54, 1.807) is 0 Å². The largest absolute Gasteiger partial charge is 0.469 e. The molecule has 0 amide bonds. The number of unbranched alkanes of at least 4 members (excludes halogenated alkanes) is 1. The monoisotopic (exact) mass is 145 g/mol. The van der Waals surface area contributed by atoms with Crippen LogP contribution >= 0.6 is 0 Å². The zero-order chi connectivity index (χ0) is 7.82. The number of rotatable bonds is 4. The molecular formula is C6H11NO3. The molecule has 0 aromatic carbocycles. The fourth-order valence-corrected chi connectivity index (χ4v) is 0.497. The number of carbonyl (C=O) groups excluding carboxylic acids is 1. The van der Waals surface area contributed by atoms with Gasteiger partial charge in [0.1, 0.15) is 0 Å². The number of methoxy groups -OCH3 is 1. The maximum Gasteiger partial charge on any atom is 0.305 e. The Morgan fingerprint density at radius 2 is 2.50 bits per heavy atom. The van der Waals surface area contributed by atoms with Crippen LogP contribution in [0.2, 0.25) is 0 Å². The molecule has 0 spiro atoms. The van der Waals surface area contributed by atoms with Gasteiger partial charge in [-0.25, -0.2) is 0 Å². The summed E-state index contributed by atoms with van der Waals surface area (Å²) in [6.07, 6.45) is 2.99. The van der Waals surface area contributed by atoms with E-state index in [2.05, 4.69) is 9.89 Å². The summed E-state index contributed by atoms with van der Waals surface area (Å²) in [5.74, 6) is -0.230. The first kappa shape index (κ1) is 8.94. The van der Waals surface area contributed by atoms with Crippen LogP contribution in [0.4, 0.5) is 0 Å². The minimum absolute atomic E-state index is 0.230. The van der Waals surface area contributed by atoms with Gasteiger partial charge in [0.15, 0.2) is 0 Å². The molecule has 10 heavy (non-hydrogen) atoms. The van der Waals surface area contributed by atoms with Gasteiger partial charge in [-0.2, -0.15) is 0 Å². The van der Waals surface area contributed by atoms with Crippen LogP contribution in [0, 0.1) is 0 Å². The summed E-state index contributed by atoms with van der Waals surface area (Å²) in [5, 5.41) is 10.7. The van der Waals surface area contributed by atoms with Crippen LogP contribution in [0.25, 0.3) is 0 Å². The first-order valence-electron chi connectivity index (χ1n) is 3.04. The van der Waals surface area contributed by atoms with Gasteiger partial charge in [-0.15, -0.1) is 5.16 Å². The minimum Gasteiger partial charge on any atom is -0.469 e. The topological polar surface area (TPSA) is 58.9 Å². The van der Waals surface area contributed by atoms with Gasteiger partial charge >= 0.3 is 5.97 Å². The molecule has 0 aliphatic heterocycles. The van der Waals surface area contributed by atoms with E-state index in [-0.39, 0.29) is 5.97 Å². The summed E-state index contributed by atoms with van der Waals surface area (Å²) in [6.45, 7) is 0. The van der Waals surface area contributed by atoms with Gasteiger partial charge in [-0.3, -0.25) is 4.79 Å². The van der Waals surface area contributed by atoms with E-state index in [0.29, 0.717) is 19.3 Å².